The summed E-state index contributed by atoms with van der Waals surface area (Å²) in [4.78, 5) is 20.9. The molecule has 2 aliphatic rings. The van der Waals surface area contributed by atoms with Crippen molar-refractivity contribution in [2.45, 2.75) is 31.9 Å². The van der Waals surface area contributed by atoms with E-state index < -0.39 is 0 Å². The van der Waals surface area contributed by atoms with Gasteiger partial charge < -0.3 is 14.9 Å². The molecule has 2 aromatic carbocycles. The Morgan fingerprint density at radius 3 is 2.63 bits per heavy atom. The zero-order valence-corrected chi connectivity index (χ0v) is 21.2. The average Bonchev–Trinajstić information content (AvgIpc) is 3.66. The molecule has 1 fully saturated rings. The highest BCUT2D eigenvalue weighted by Crippen LogP contribution is 2.31. The van der Waals surface area contributed by atoms with E-state index in [1.54, 1.807) is 19.2 Å². The van der Waals surface area contributed by atoms with E-state index in [1.165, 1.54) is 35.3 Å². The van der Waals surface area contributed by atoms with Gasteiger partial charge in [-0.3, -0.25) is 9.69 Å². The van der Waals surface area contributed by atoms with Crippen LogP contribution in [0.1, 0.15) is 40.1 Å². The molecule has 0 aliphatic carbocycles. The van der Waals surface area contributed by atoms with E-state index in [2.05, 4.69) is 51.8 Å². The Balaban J connectivity index is 1.23. The van der Waals surface area contributed by atoms with Crippen LogP contribution in [0.25, 0.3) is 11.1 Å². The van der Waals surface area contributed by atoms with Crippen molar-refractivity contribution in [1.82, 2.24) is 10.2 Å². The SMILES string of the molecule is COc1ccc(CN2CCCC2)c(-c2ccc(C3=NOC(CNC(=O)c4ccc(Cl)s4)C3)cc2)c1. The number of carbonyl (C=O) groups is 1. The molecule has 1 atom stereocenters. The molecule has 2 aliphatic heterocycles. The molecule has 1 saturated heterocycles. The van der Waals surface area contributed by atoms with Crippen molar-refractivity contribution < 1.29 is 14.4 Å². The molecule has 182 valence electrons. The molecular weight excluding hydrogens is 482 g/mol. The van der Waals surface area contributed by atoms with Crippen molar-refractivity contribution in [3.63, 3.8) is 0 Å². The topological polar surface area (TPSA) is 63.2 Å². The summed E-state index contributed by atoms with van der Waals surface area (Å²) in [6, 6.07) is 18.2. The molecular formula is C27H28ClN3O3S. The van der Waals surface area contributed by atoms with Gasteiger partial charge in [-0.25, -0.2) is 0 Å². The van der Waals surface area contributed by atoms with Crippen LogP contribution in [-0.2, 0) is 11.4 Å². The number of likely N-dealkylation sites (tertiary alicyclic amines) is 1. The van der Waals surface area contributed by atoms with E-state index in [-0.39, 0.29) is 12.0 Å². The minimum absolute atomic E-state index is 0.147. The lowest BCUT2D eigenvalue weighted by molar-refractivity contribution is 0.0755. The van der Waals surface area contributed by atoms with Gasteiger partial charge in [0.2, 0.25) is 0 Å². The molecule has 1 amide bonds. The summed E-state index contributed by atoms with van der Waals surface area (Å²) in [6.07, 6.45) is 3.01. The third kappa shape index (κ3) is 5.69. The maximum Gasteiger partial charge on any atom is 0.261 e. The van der Waals surface area contributed by atoms with Crippen LogP contribution in [0.2, 0.25) is 4.34 Å². The highest BCUT2D eigenvalue weighted by atomic mass is 35.5. The number of benzene rings is 2. The average molecular weight is 510 g/mol. The highest BCUT2D eigenvalue weighted by molar-refractivity contribution is 7.18. The molecule has 1 aromatic heterocycles. The molecule has 0 bridgehead atoms. The largest absolute Gasteiger partial charge is 0.497 e. The highest BCUT2D eigenvalue weighted by Gasteiger charge is 2.23. The number of carbonyl (C=O) groups excluding carboxylic acids is 1. The van der Waals surface area contributed by atoms with Crippen LogP contribution in [0.15, 0.2) is 59.8 Å². The third-order valence-corrected chi connectivity index (χ3v) is 7.69. The predicted octanol–water partition coefficient (Wildman–Crippen LogP) is 5.60. The minimum Gasteiger partial charge on any atom is -0.497 e. The van der Waals surface area contributed by atoms with Crippen LogP contribution in [0.3, 0.4) is 0 Å². The van der Waals surface area contributed by atoms with Crippen molar-refractivity contribution in [3.05, 3.63) is 74.9 Å². The van der Waals surface area contributed by atoms with Crippen molar-refractivity contribution in [1.29, 1.82) is 0 Å². The fourth-order valence-corrected chi connectivity index (χ4v) is 5.51. The summed E-state index contributed by atoms with van der Waals surface area (Å²) in [5.41, 5.74) is 5.57. The summed E-state index contributed by atoms with van der Waals surface area (Å²) in [5, 5.41) is 7.18. The lowest BCUT2D eigenvalue weighted by atomic mass is 9.96. The second-order valence-corrected chi connectivity index (χ2v) is 10.6. The lowest BCUT2D eigenvalue weighted by Crippen LogP contribution is -2.31. The Bertz CT molecular complexity index is 1220. The fourth-order valence-electron chi connectivity index (χ4n) is 4.55. The number of methoxy groups -OCH3 is 1. The molecule has 5 rings (SSSR count). The van der Waals surface area contributed by atoms with Gasteiger partial charge in [0.05, 0.1) is 28.6 Å². The minimum atomic E-state index is -0.186. The van der Waals surface area contributed by atoms with Crippen LogP contribution >= 0.6 is 22.9 Å². The van der Waals surface area contributed by atoms with Crippen LogP contribution in [0.4, 0.5) is 0 Å². The van der Waals surface area contributed by atoms with Crippen molar-refractivity contribution in [2.24, 2.45) is 5.16 Å². The number of ether oxygens (including phenoxy) is 1. The van der Waals surface area contributed by atoms with Crippen LogP contribution in [-0.4, -0.2) is 49.4 Å². The molecule has 1 unspecified atom stereocenters. The first-order valence-electron chi connectivity index (χ1n) is 11.9. The van der Waals surface area contributed by atoms with Gasteiger partial charge in [-0.2, -0.15) is 0 Å². The third-order valence-electron chi connectivity index (χ3n) is 6.46. The van der Waals surface area contributed by atoms with Crippen molar-refractivity contribution >= 4 is 34.6 Å². The maximum atomic E-state index is 12.3. The second-order valence-electron chi connectivity index (χ2n) is 8.87. The first kappa shape index (κ1) is 23.9. The Labute approximate surface area is 214 Å². The van der Waals surface area contributed by atoms with E-state index >= 15 is 0 Å². The summed E-state index contributed by atoms with van der Waals surface area (Å²) in [5.74, 6) is 0.712. The predicted molar refractivity (Wildman–Crippen MR) is 141 cm³/mol. The molecule has 0 saturated carbocycles. The summed E-state index contributed by atoms with van der Waals surface area (Å²) in [7, 11) is 1.70. The van der Waals surface area contributed by atoms with Gasteiger partial charge in [0, 0.05) is 13.0 Å². The lowest BCUT2D eigenvalue weighted by Gasteiger charge is -2.18. The van der Waals surface area contributed by atoms with Crippen LogP contribution in [0.5, 0.6) is 5.75 Å². The number of hydrogen-bond donors (Lipinski definition) is 1. The smallest absolute Gasteiger partial charge is 0.261 e. The number of oxime groups is 1. The number of rotatable bonds is 8. The molecule has 6 nitrogen and oxygen atoms in total. The number of thiophene rings is 1. The van der Waals surface area contributed by atoms with Crippen molar-refractivity contribution in [3.8, 4) is 16.9 Å². The Morgan fingerprint density at radius 2 is 1.91 bits per heavy atom. The van der Waals surface area contributed by atoms with E-state index in [1.807, 2.05) is 6.07 Å². The second kappa shape index (κ2) is 10.8. The molecule has 0 radical (unpaired) electrons. The first-order valence-corrected chi connectivity index (χ1v) is 13.0. The van der Waals surface area contributed by atoms with Crippen LogP contribution in [0, 0.1) is 0 Å². The molecule has 3 aromatic rings. The van der Waals surface area contributed by atoms with Gasteiger partial charge in [-0.1, -0.05) is 47.1 Å². The summed E-state index contributed by atoms with van der Waals surface area (Å²) >= 11 is 7.18. The fraction of sp³-hybridized carbons (Fsp3) is 0.333. The van der Waals surface area contributed by atoms with E-state index in [0.717, 1.165) is 42.2 Å². The van der Waals surface area contributed by atoms with Crippen molar-refractivity contribution in [2.75, 3.05) is 26.7 Å². The van der Waals surface area contributed by atoms with Crippen LogP contribution < -0.4 is 10.1 Å². The molecule has 35 heavy (non-hydrogen) atoms. The maximum absolute atomic E-state index is 12.3. The zero-order chi connectivity index (χ0) is 24.2. The Morgan fingerprint density at radius 1 is 1.14 bits per heavy atom. The zero-order valence-electron chi connectivity index (χ0n) is 19.6. The monoisotopic (exact) mass is 509 g/mol. The first-order chi connectivity index (χ1) is 17.1. The van der Waals surface area contributed by atoms with Gasteiger partial charge >= 0.3 is 0 Å². The Hall–Kier alpha value is -2.87. The van der Waals surface area contributed by atoms with Gasteiger partial charge in [0.15, 0.2) is 0 Å². The van der Waals surface area contributed by atoms with Gasteiger partial charge in [0.1, 0.15) is 11.9 Å². The molecule has 8 heteroatoms. The number of nitrogens with one attached hydrogen (secondary N) is 1. The Kier molecular flexibility index (Phi) is 7.37. The van der Waals surface area contributed by atoms with E-state index in [4.69, 9.17) is 21.2 Å². The van der Waals surface area contributed by atoms with E-state index in [0.29, 0.717) is 22.2 Å². The number of amides is 1. The van der Waals surface area contributed by atoms with Gasteiger partial charge in [0.25, 0.3) is 5.91 Å². The summed E-state index contributed by atoms with van der Waals surface area (Å²) < 4.78 is 6.10. The number of nitrogens with zero attached hydrogens (tertiary/aromatic N) is 2. The van der Waals surface area contributed by atoms with Gasteiger partial charge in [-0.15, -0.1) is 11.3 Å². The number of halogens is 1. The molecule has 1 N–H and O–H groups in total. The molecule has 3 heterocycles. The normalized spacial score (nSPS) is 17.8. The molecule has 0 spiro atoms. The number of hydrogen-bond acceptors (Lipinski definition) is 6. The standard InChI is InChI=1S/C27H28ClN3O3S/c1-33-21-9-8-20(17-31-12-2-3-13-31)23(14-21)18-4-6-19(7-5-18)24-15-22(34-30-24)16-29-27(32)25-10-11-26(28)35-25/h4-11,14,22H,2-3,12-13,15-17H2,1H3,(H,29,32). The summed E-state index contributed by atoms with van der Waals surface area (Å²) in [6.45, 7) is 3.66. The van der Waals surface area contributed by atoms with E-state index in [9.17, 15) is 4.79 Å². The quantitative estimate of drug-likeness (QED) is 0.429. The van der Waals surface area contributed by atoms with Gasteiger partial charge in [-0.05, 0) is 72.5 Å².